The number of esters is 1. The third-order valence-corrected chi connectivity index (χ3v) is 6.34. The summed E-state index contributed by atoms with van der Waals surface area (Å²) in [6.07, 6.45) is 1.52. The first-order chi connectivity index (χ1) is 14.8. The van der Waals surface area contributed by atoms with Gasteiger partial charge in [-0.15, -0.1) is 0 Å². The Hall–Kier alpha value is -2.91. The molecule has 0 heterocycles. The maximum absolute atomic E-state index is 13.0. The molecule has 0 radical (unpaired) electrons. The molecular weight excluding hydrogens is 420 g/mol. The molecule has 1 unspecified atom stereocenters. The van der Waals surface area contributed by atoms with Gasteiger partial charge < -0.3 is 14.8 Å². The third-order valence-electron chi connectivity index (χ3n) is 4.80. The van der Waals surface area contributed by atoms with E-state index in [1.54, 1.807) is 31.2 Å². The van der Waals surface area contributed by atoms with Gasteiger partial charge in [-0.25, -0.2) is 13.1 Å². The summed E-state index contributed by atoms with van der Waals surface area (Å²) in [4.78, 5) is 24.9. The van der Waals surface area contributed by atoms with Crippen LogP contribution in [0.5, 0.6) is 5.75 Å². The molecule has 8 nitrogen and oxygen atoms in total. The van der Waals surface area contributed by atoms with Crippen molar-refractivity contribution in [3.8, 4) is 5.75 Å². The van der Waals surface area contributed by atoms with Crippen molar-refractivity contribution in [2.24, 2.45) is 0 Å². The van der Waals surface area contributed by atoms with Crippen LogP contribution in [0.3, 0.4) is 0 Å². The van der Waals surface area contributed by atoms with E-state index in [9.17, 15) is 18.0 Å². The second-order valence-electron chi connectivity index (χ2n) is 7.21. The van der Waals surface area contributed by atoms with Crippen LogP contribution in [0.25, 0.3) is 0 Å². The number of methoxy groups -OCH3 is 1. The summed E-state index contributed by atoms with van der Waals surface area (Å²) >= 11 is 0. The number of ether oxygens (including phenoxy) is 2. The topological polar surface area (TPSA) is 111 Å². The Kier molecular flexibility index (Phi) is 7.29. The molecule has 1 amide bonds. The number of amides is 1. The zero-order valence-corrected chi connectivity index (χ0v) is 18.3. The fourth-order valence-electron chi connectivity index (χ4n) is 3.08. The smallest absolute Gasteiger partial charge is 0.308 e. The summed E-state index contributed by atoms with van der Waals surface area (Å²) in [7, 11) is -2.46. The summed E-state index contributed by atoms with van der Waals surface area (Å²) < 4.78 is 38.2. The van der Waals surface area contributed by atoms with Crippen LogP contribution < -0.4 is 14.8 Å². The molecule has 166 valence electrons. The Morgan fingerprint density at radius 3 is 2.45 bits per heavy atom. The van der Waals surface area contributed by atoms with Crippen molar-refractivity contribution in [2.75, 3.05) is 13.7 Å². The molecule has 1 atom stereocenters. The summed E-state index contributed by atoms with van der Waals surface area (Å²) in [6, 6.07) is 12.5. The number of benzene rings is 2. The van der Waals surface area contributed by atoms with Crippen LogP contribution in [0, 0.1) is 0 Å². The standard InChI is InChI=1S/C22H26N2O6S/c1-3-30-21(25)14-18(15-7-5-4-6-8-15)23-22(26)16-9-12-19(29-2)20(13-16)31(27,28)24-17-10-11-17/h4-9,12-13,17-18,24H,3,10-11,14H2,1-2H3,(H,23,26). The first-order valence-electron chi connectivity index (χ1n) is 10.1. The lowest BCUT2D eigenvalue weighted by atomic mass is 10.0. The molecule has 1 aliphatic rings. The highest BCUT2D eigenvalue weighted by molar-refractivity contribution is 7.89. The van der Waals surface area contributed by atoms with E-state index in [0.717, 1.165) is 18.4 Å². The van der Waals surface area contributed by atoms with Crippen molar-refractivity contribution in [2.45, 2.75) is 43.2 Å². The van der Waals surface area contributed by atoms with Crippen molar-refractivity contribution in [3.63, 3.8) is 0 Å². The van der Waals surface area contributed by atoms with Crippen LogP contribution in [0.15, 0.2) is 53.4 Å². The fraction of sp³-hybridized carbons (Fsp3) is 0.364. The predicted molar refractivity (Wildman–Crippen MR) is 114 cm³/mol. The molecule has 0 saturated heterocycles. The van der Waals surface area contributed by atoms with Gasteiger partial charge in [-0.2, -0.15) is 0 Å². The van der Waals surface area contributed by atoms with Gasteiger partial charge in [0.15, 0.2) is 0 Å². The lowest BCUT2D eigenvalue weighted by Crippen LogP contribution is -2.31. The molecule has 2 aromatic carbocycles. The first kappa shape index (κ1) is 22.8. The second kappa shape index (κ2) is 9.93. The average molecular weight is 447 g/mol. The maximum Gasteiger partial charge on any atom is 0.308 e. The maximum atomic E-state index is 13.0. The van der Waals surface area contributed by atoms with Gasteiger partial charge >= 0.3 is 5.97 Å². The molecule has 9 heteroatoms. The molecule has 0 spiro atoms. The Balaban J connectivity index is 1.86. The Morgan fingerprint density at radius 1 is 1.13 bits per heavy atom. The van der Waals surface area contributed by atoms with Gasteiger partial charge in [-0.1, -0.05) is 30.3 Å². The SMILES string of the molecule is CCOC(=O)CC(NC(=O)c1ccc(OC)c(S(=O)(=O)NC2CC2)c1)c1ccccc1. The molecule has 0 bridgehead atoms. The molecule has 1 fully saturated rings. The van der Waals surface area contributed by atoms with Gasteiger partial charge in [0.25, 0.3) is 5.91 Å². The third kappa shape index (κ3) is 6.05. The van der Waals surface area contributed by atoms with Crippen molar-refractivity contribution in [3.05, 3.63) is 59.7 Å². The lowest BCUT2D eigenvalue weighted by molar-refractivity contribution is -0.143. The monoisotopic (exact) mass is 446 g/mol. The second-order valence-corrected chi connectivity index (χ2v) is 8.89. The van der Waals surface area contributed by atoms with Crippen molar-refractivity contribution in [1.29, 1.82) is 0 Å². The van der Waals surface area contributed by atoms with Crippen LogP contribution >= 0.6 is 0 Å². The van der Waals surface area contributed by atoms with Gasteiger partial charge in [0.1, 0.15) is 10.6 Å². The zero-order valence-electron chi connectivity index (χ0n) is 17.5. The van der Waals surface area contributed by atoms with Crippen molar-refractivity contribution in [1.82, 2.24) is 10.0 Å². The van der Waals surface area contributed by atoms with E-state index < -0.39 is 27.9 Å². The molecule has 0 aromatic heterocycles. The normalized spacial score (nSPS) is 14.5. The van der Waals surface area contributed by atoms with Gasteiger partial charge in [-0.3, -0.25) is 9.59 Å². The Morgan fingerprint density at radius 2 is 1.84 bits per heavy atom. The van der Waals surface area contributed by atoms with Crippen molar-refractivity contribution >= 4 is 21.9 Å². The number of sulfonamides is 1. The molecular formula is C22H26N2O6S. The number of hydrogen-bond acceptors (Lipinski definition) is 6. The van der Waals surface area contributed by atoms with E-state index in [2.05, 4.69) is 10.0 Å². The molecule has 1 aliphatic carbocycles. The highest BCUT2D eigenvalue weighted by Crippen LogP contribution is 2.28. The van der Waals surface area contributed by atoms with Crippen LogP contribution in [0.1, 0.15) is 48.1 Å². The molecule has 2 N–H and O–H groups in total. The number of rotatable bonds is 10. The van der Waals surface area contributed by atoms with Gasteiger partial charge in [-0.05, 0) is 43.5 Å². The molecule has 1 saturated carbocycles. The summed E-state index contributed by atoms with van der Waals surface area (Å²) in [6.45, 7) is 1.95. The minimum atomic E-state index is -3.83. The number of carbonyl (C=O) groups is 2. The van der Waals surface area contributed by atoms with Gasteiger partial charge in [0, 0.05) is 11.6 Å². The number of hydrogen-bond donors (Lipinski definition) is 2. The summed E-state index contributed by atoms with van der Waals surface area (Å²) in [5.41, 5.74) is 0.877. The Labute approximate surface area is 182 Å². The van der Waals surface area contributed by atoms with E-state index >= 15 is 0 Å². The minimum absolute atomic E-state index is 0.0475. The van der Waals surface area contributed by atoms with E-state index in [1.807, 2.05) is 6.07 Å². The lowest BCUT2D eigenvalue weighted by Gasteiger charge is -2.19. The van der Waals surface area contributed by atoms with Crippen LogP contribution in [0.2, 0.25) is 0 Å². The highest BCUT2D eigenvalue weighted by Gasteiger charge is 2.30. The average Bonchev–Trinajstić information content (AvgIpc) is 3.57. The molecule has 2 aromatic rings. The molecule has 3 rings (SSSR count). The molecule has 31 heavy (non-hydrogen) atoms. The van der Waals surface area contributed by atoms with Crippen LogP contribution in [-0.2, 0) is 19.6 Å². The Bertz CT molecular complexity index is 1040. The van der Waals surface area contributed by atoms with E-state index in [0.29, 0.717) is 0 Å². The van der Waals surface area contributed by atoms with E-state index in [-0.39, 0.29) is 35.3 Å². The van der Waals surface area contributed by atoms with Crippen LogP contribution in [0.4, 0.5) is 0 Å². The first-order valence-corrected chi connectivity index (χ1v) is 11.5. The number of nitrogens with one attached hydrogen (secondary N) is 2. The predicted octanol–water partition coefficient (Wildman–Crippen LogP) is 2.56. The van der Waals surface area contributed by atoms with Crippen molar-refractivity contribution < 1.29 is 27.5 Å². The summed E-state index contributed by atoms with van der Waals surface area (Å²) in [5.74, 6) is -0.803. The van der Waals surface area contributed by atoms with Gasteiger partial charge in [0.05, 0.1) is 26.2 Å². The highest BCUT2D eigenvalue weighted by atomic mass is 32.2. The zero-order chi connectivity index (χ0) is 22.4. The van der Waals surface area contributed by atoms with E-state index in [4.69, 9.17) is 9.47 Å². The van der Waals surface area contributed by atoms with Crippen LogP contribution in [-0.4, -0.2) is 40.1 Å². The van der Waals surface area contributed by atoms with Gasteiger partial charge in [0.2, 0.25) is 10.0 Å². The summed E-state index contributed by atoms with van der Waals surface area (Å²) in [5, 5.41) is 2.81. The minimum Gasteiger partial charge on any atom is -0.495 e. The fourth-order valence-corrected chi connectivity index (χ4v) is 4.58. The number of carbonyl (C=O) groups excluding carboxylic acids is 2. The van der Waals surface area contributed by atoms with E-state index in [1.165, 1.54) is 25.3 Å². The largest absolute Gasteiger partial charge is 0.495 e. The quantitative estimate of drug-likeness (QED) is 0.543. The molecule has 0 aliphatic heterocycles.